The summed E-state index contributed by atoms with van der Waals surface area (Å²) in [6.45, 7) is 1.88. The zero-order chi connectivity index (χ0) is 11.8. The summed E-state index contributed by atoms with van der Waals surface area (Å²) in [7, 11) is 0. The molecular weight excluding hydrogens is 204 g/mol. The molecule has 86 valence electrons. The van der Waals surface area contributed by atoms with Crippen molar-refractivity contribution in [3.8, 4) is 0 Å². The highest BCUT2D eigenvalue weighted by Crippen LogP contribution is 2.07. The van der Waals surface area contributed by atoms with Crippen LogP contribution in [0.2, 0.25) is 0 Å². The molecule has 0 saturated carbocycles. The lowest BCUT2D eigenvalue weighted by Crippen LogP contribution is -2.43. The van der Waals surface area contributed by atoms with Gasteiger partial charge in [-0.1, -0.05) is 0 Å². The second-order valence-electron chi connectivity index (χ2n) is 2.89. The van der Waals surface area contributed by atoms with Crippen LogP contribution in [0.5, 0.6) is 0 Å². The van der Waals surface area contributed by atoms with Crippen molar-refractivity contribution in [3.63, 3.8) is 0 Å². The third-order valence-corrected chi connectivity index (χ3v) is 1.75. The van der Waals surface area contributed by atoms with Gasteiger partial charge in [0.05, 0.1) is 18.5 Å². The summed E-state index contributed by atoms with van der Waals surface area (Å²) in [6, 6.07) is 0. The first-order valence-corrected chi connectivity index (χ1v) is 4.56. The van der Waals surface area contributed by atoms with Crippen molar-refractivity contribution in [2.75, 3.05) is 6.61 Å². The summed E-state index contributed by atoms with van der Waals surface area (Å²) >= 11 is 0. The number of aliphatic carboxylic acids is 2. The average molecular weight is 216 g/mol. The first-order valence-electron chi connectivity index (χ1n) is 4.56. The highest BCUT2D eigenvalue weighted by molar-refractivity contribution is 5.90. The molecule has 0 radical (unpaired) electrons. The number of carbonyl (C=O) groups excluding carboxylic acids is 3. The van der Waals surface area contributed by atoms with Crippen LogP contribution in [0, 0.1) is 5.92 Å². The summed E-state index contributed by atoms with van der Waals surface area (Å²) in [5.74, 6) is -5.54. The molecule has 0 unspecified atom stereocenters. The van der Waals surface area contributed by atoms with E-state index in [9.17, 15) is 24.6 Å². The molecule has 0 spiro atoms. The standard InChI is InChI=1S/C9H14O6/c1-2-15-7(10)5-3-4-6(8(11)12)9(13)14/h6H,2-5H2,1H3,(H,11,12)(H,13,14)/p-2. The van der Waals surface area contributed by atoms with Crippen LogP contribution in [0.4, 0.5) is 0 Å². The molecule has 0 saturated heterocycles. The lowest BCUT2D eigenvalue weighted by atomic mass is 10.0. The molecule has 0 fully saturated rings. The van der Waals surface area contributed by atoms with Crippen molar-refractivity contribution in [3.05, 3.63) is 0 Å². The third kappa shape index (κ3) is 5.66. The Balaban J connectivity index is 3.87. The van der Waals surface area contributed by atoms with Gasteiger partial charge in [0.25, 0.3) is 0 Å². The molecule has 6 heteroatoms. The minimum absolute atomic E-state index is 0.00903. The predicted molar refractivity (Wildman–Crippen MR) is 44.0 cm³/mol. The maximum Gasteiger partial charge on any atom is 0.305 e. The number of carboxylic acids is 2. The number of carboxylic acid groups (broad SMARTS) is 2. The number of hydrogen-bond acceptors (Lipinski definition) is 6. The number of rotatable bonds is 7. The molecule has 0 N–H and O–H groups in total. The van der Waals surface area contributed by atoms with E-state index >= 15 is 0 Å². The van der Waals surface area contributed by atoms with E-state index in [1.807, 2.05) is 0 Å². The molecule has 0 atom stereocenters. The molecular formula is C9H12O6-2. The maximum absolute atomic E-state index is 10.8. The van der Waals surface area contributed by atoms with Crippen LogP contribution < -0.4 is 10.2 Å². The predicted octanol–water partition coefficient (Wildman–Crippen LogP) is -2.16. The van der Waals surface area contributed by atoms with Crippen LogP contribution in [0.3, 0.4) is 0 Å². The van der Waals surface area contributed by atoms with Crippen LogP contribution in [0.15, 0.2) is 0 Å². The molecule has 0 rings (SSSR count). The zero-order valence-electron chi connectivity index (χ0n) is 8.36. The van der Waals surface area contributed by atoms with E-state index in [2.05, 4.69) is 4.74 Å². The summed E-state index contributed by atoms with van der Waals surface area (Å²) < 4.78 is 4.58. The van der Waals surface area contributed by atoms with Crippen LogP contribution in [-0.4, -0.2) is 24.5 Å². The van der Waals surface area contributed by atoms with E-state index in [-0.39, 0.29) is 25.9 Å². The Bertz CT molecular complexity index is 233. The van der Waals surface area contributed by atoms with Gasteiger partial charge in [-0.25, -0.2) is 0 Å². The quantitative estimate of drug-likeness (QED) is 0.354. The molecule has 0 heterocycles. The molecule has 0 aromatic heterocycles. The highest BCUT2D eigenvalue weighted by atomic mass is 16.5. The topological polar surface area (TPSA) is 107 Å². The van der Waals surface area contributed by atoms with E-state index in [0.29, 0.717) is 0 Å². The first-order chi connectivity index (χ1) is 6.99. The lowest BCUT2D eigenvalue weighted by molar-refractivity contribution is -0.332. The largest absolute Gasteiger partial charge is 0.549 e. The van der Waals surface area contributed by atoms with Crippen molar-refractivity contribution in [1.29, 1.82) is 0 Å². The van der Waals surface area contributed by atoms with Gasteiger partial charge in [-0.05, 0) is 19.8 Å². The Morgan fingerprint density at radius 1 is 1.20 bits per heavy atom. The Hall–Kier alpha value is -1.59. The van der Waals surface area contributed by atoms with Crippen LogP contribution >= 0.6 is 0 Å². The molecule has 0 bridgehead atoms. The van der Waals surface area contributed by atoms with Gasteiger partial charge >= 0.3 is 5.97 Å². The monoisotopic (exact) mass is 216 g/mol. The minimum Gasteiger partial charge on any atom is -0.549 e. The van der Waals surface area contributed by atoms with Gasteiger partial charge in [0, 0.05) is 12.3 Å². The summed E-state index contributed by atoms with van der Waals surface area (Å²) in [5.41, 5.74) is 0. The van der Waals surface area contributed by atoms with Crippen molar-refractivity contribution < 1.29 is 29.3 Å². The lowest BCUT2D eigenvalue weighted by Gasteiger charge is -2.18. The second-order valence-corrected chi connectivity index (χ2v) is 2.89. The van der Waals surface area contributed by atoms with Crippen molar-refractivity contribution in [2.45, 2.75) is 26.2 Å². The number of esters is 1. The highest BCUT2D eigenvalue weighted by Gasteiger charge is 2.12. The van der Waals surface area contributed by atoms with Crippen molar-refractivity contribution >= 4 is 17.9 Å². The Labute approximate surface area is 86.8 Å². The molecule has 15 heavy (non-hydrogen) atoms. The van der Waals surface area contributed by atoms with Gasteiger partial charge in [-0.2, -0.15) is 0 Å². The van der Waals surface area contributed by atoms with Crippen LogP contribution in [-0.2, 0) is 19.1 Å². The van der Waals surface area contributed by atoms with Gasteiger partial charge in [0.15, 0.2) is 0 Å². The normalized spacial score (nSPS) is 10.0. The molecule has 6 nitrogen and oxygen atoms in total. The molecule has 0 aromatic rings. The van der Waals surface area contributed by atoms with Crippen molar-refractivity contribution in [1.82, 2.24) is 0 Å². The third-order valence-electron chi connectivity index (χ3n) is 1.75. The first kappa shape index (κ1) is 13.4. The minimum atomic E-state index is -1.70. The van der Waals surface area contributed by atoms with E-state index in [4.69, 9.17) is 0 Å². The SMILES string of the molecule is CCOC(=O)CCCC(C(=O)[O-])C(=O)[O-]. The Morgan fingerprint density at radius 2 is 1.73 bits per heavy atom. The van der Waals surface area contributed by atoms with Crippen LogP contribution in [0.25, 0.3) is 0 Å². The smallest absolute Gasteiger partial charge is 0.305 e. The van der Waals surface area contributed by atoms with Gasteiger partial charge in [-0.3, -0.25) is 4.79 Å². The van der Waals surface area contributed by atoms with Crippen molar-refractivity contribution in [2.24, 2.45) is 5.92 Å². The average Bonchev–Trinajstić information content (AvgIpc) is 2.11. The van der Waals surface area contributed by atoms with Gasteiger partial charge in [-0.15, -0.1) is 0 Å². The fourth-order valence-electron chi connectivity index (χ4n) is 1.02. The Kier molecular flexibility index (Phi) is 6.08. The Morgan fingerprint density at radius 3 is 2.13 bits per heavy atom. The van der Waals surface area contributed by atoms with Gasteiger partial charge in [0.1, 0.15) is 0 Å². The van der Waals surface area contributed by atoms with E-state index < -0.39 is 23.8 Å². The molecule has 0 aliphatic rings. The fraction of sp³-hybridized carbons (Fsp3) is 0.667. The fourth-order valence-corrected chi connectivity index (χ4v) is 1.02. The van der Waals surface area contributed by atoms with E-state index in [1.54, 1.807) is 6.92 Å². The van der Waals surface area contributed by atoms with Gasteiger partial charge < -0.3 is 24.5 Å². The molecule has 0 aliphatic carbocycles. The number of carbonyl (C=O) groups is 3. The summed E-state index contributed by atoms with van der Waals surface area (Å²) in [6.07, 6.45) is -0.0835. The zero-order valence-corrected chi connectivity index (χ0v) is 8.36. The molecule has 0 amide bonds. The summed E-state index contributed by atoms with van der Waals surface area (Å²) in [5, 5.41) is 20.6. The number of ether oxygens (including phenoxy) is 1. The second kappa shape index (κ2) is 6.80. The van der Waals surface area contributed by atoms with Crippen LogP contribution in [0.1, 0.15) is 26.2 Å². The van der Waals surface area contributed by atoms with Gasteiger partial charge in [0.2, 0.25) is 0 Å². The van der Waals surface area contributed by atoms with E-state index in [1.165, 1.54) is 0 Å². The summed E-state index contributed by atoms with van der Waals surface area (Å²) in [4.78, 5) is 31.4. The maximum atomic E-state index is 10.8. The molecule has 0 aromatic carbocycles. The number of hydrogen-bond donors (Lipinski definition) is 0. The molecule has 0 aliphatic heterocycles. The van der Waals surface area contributed by atoms with E-state index in [0.717, 1.165) is 0 Å².